The second kappa shape index (κ2) is 10.5. The zero-order chi connectivity index (χ0) is 13.9. The summed E-state index contributed by atoms with van der Waals surface area (Å²) in [5.41, 5.74) is 0. The quantitative estimate of drug-likeness (QED) is 0.330. The fourth-order valence-electron chi connectivity index (χ4n) is 1.65. The van der Waals surface area contributed by atoms with Crippen molar-refractivity contribution in [2.24, 2.45) is 0 Å². The van der Waals surface area contributed by atoms with Crippen LogP contribution in [0.1, 0.15) is 45.4 Å². The van der Waals surface area contributed by atoms with Crippen LogP contribution in [0.15, 0.2) is 0 Å². The summed E-state index contributed by atoms with van der Waals surface area (Å²) in [6.07, 6.45) is 6.08. The molecule has 5 heteroatoms. The van der Waals surface area contributed by atoms with Crippen molar-refractivity contribution in [3.63, 3.8) is 0 Å². The number of rotatable bonds is 11. The molecule has 0 spiro atoms. The molecule has 0 unspecified atom stereocenters. The minimum atomic E-state index is -1.86. The third kappa shape index (κ3) is 8.66. The van der Waals surface area contributed by atoms with E-state index in [1.807, 2.05) is 6.92 Å². The Labute approximate surface area is 112 Å². The van der Waals surface area contributed by atoms with Gasteiger partial charge in [0, 0.05) is 20.6 Å². The normalized spacial score (nSPS) is 11.6. The molecule has 0 N–H and O–H groups in total. The molecule has 0 saturated carbocycles. The van der Waals surface area contributed by atoms with E-state index < -0.39 is 8.56 Å². The van der Waals surface area contributed by atoms with Crippen LogP contribution in [0.4, 0.5) is 0 Å². The first kappa shape index (κ1) is 17.6. The van der Waals surface area contributed by atoms with Gasteiger partial charge in [-0.2, -0.15) is 0 Å². The largest absolute Gasteiger partial charge is 0.466 e. The number of carbonyl (C=O) groups is 1. The first-order valence-corrected chi connectivity index (χ1v) is 9.36. The predicted octanol–water partition coefficient (Wildman–Crippen LogP) is 3.25. The zero-order valence-electron chi connectivity index (χ0n) is 12.3. The summed E-state index contributed by atoms with van der Waals surface area (Å²) in [7, 11) is 1.61. The minimum absolute atomic E-state index is 0.100. The summed E-state index contributed by atoms with van der Waals surface area (Å²) in [5, 5.41) is 0. The van der Waals surface area contributed by atoms with Crippen molar-refractivity contribution in [2.75, 3.05) is 20.8 Å². The van der Waals surface area contributed by atoms with E-state index in [0.717, 1.165) is 25.3 Å². The molecule has 0 rings (SSSR count). The summed E-state index contributed by atoms with van der Waals surface area (Å²) in [4.78, 5) is 10.9. The van der Waals surface area contributed by atoms with Crippen molar-refractivity contribution >= 4 is 14.5 Å². The van der Waals surface area contributed by atoms with Gasteiger partial charge in [-0.15, -0.1) is 0 Å². The highest BCUT2D eigenvalue weighted by atomic mass is 28.4. The maximum atomic E-state index is 10.9. The number of hydrogen-bond acceptors (Lipinski definition) is 4. The van der Waals surface area contributed by atoms with Gasteiger partial charge in [0.2, 0.25) is 0 Å². The molecule has 0 saturated heterocycles. The van der Waals surface area contributed by atoms with Gasteiger partial charge in [0.25, 0.3) is 0 Å². The van der Waals surface area contributed by atoms with E-state index in [-0.39, 0.29) is 5.97 Å². The van der Waals surface area contributed by atoms with Gasteiger partial charge < -0.3 is 13.6 Å². The molecule has 4 nitrogen and oxygen atoms in total. The van der Waals surface area contributed by atoms with Crippen molar-refractivity contribution in [1.29, 1.82) is 0 Å². The zero-order valence-corrected chi connectivity index (χ0v) is 13.3. The van der Waals surface area contributed by atoms with Gasteiger partial charge in [0.15, 0.2) is 0 Å². The summed E-state index contributed by atoms with van der Waals surface area (Å²) in [6.45, 7) is 4.47. The highest BCUT2D eigenvalue weighted by Gasteiger charge is 2.27. The summed E-state index contributed by atoms with van der Waals surface area (Å²) >= 11 is 0. The van der Waals surface area contributed by atoms with Gasteiger partial charge in [0.1, 0.15) is 0 Å². The summed E-state index contributed by atoms with van der Waals surface area (Å²) in [5.74, 6) is -0.100. The van der Waals surface area contributed by atoms with E-state index >= 15 is 0 Å². The topological polar surface area (TPSA) is 44.8 Å². The van der Waals surface area contributed by atoms with Gasteiger partial charge in [-0.05, 0) is 19.0 Å². The lowest BCUT2D eigenvalue weighted by Crippen LogP contribution is -2.35. The van der Waals surface area contributed by atoms with E-state index in [2.05, 4.69) is 6.55 Å². The van der Waals surface area contributed by atoms with Gasteiger partial charge >= 0.3 is 14.5 Å². The standard InChI is InChI=1S/C13H28O4Si/c1-5-13(14)17-11-9-7-6-8-10-12-18(4,15-2)16-3/h5-12H2,1-4H3. The van der Waals surface area contributed by atoms with Crippen LogP contribution in [0.25, 0.3) is 0 Å². The van der Waals surface area contributed by atoms with Gasteiger partial charge in [-0.3, -0.25) is 4.79 Å². The maximum absolute atomic E-state index is 10.9. The maximum Gasteiger partial charge on any atom is 0.334 e. The number of unbranched alkanes of at least 4 members (excludes halogenated alkanes) is 4. The van der Waals surface area contributed by atoms with Crippen LogP contribution < -0.4 is 0 Å². The Kier molecular flexibility index (Phi) is 10.3. The van der Waals surface area contributed by atoms with Crippen molar-refractivity contribution in [1.82, 2.24) is 0 Å². The second-order valence-corrected chi connectivity index (χ2v) is 8.22. The Bertz CT molecular complexity index is 217. The Balaban J connectivity index is 3.33. The Morgan fingerprint density at radius 1 is 1.00 bits per heavy atom. The van der Waals surface area contributed by atoms with Crippen molar-refractivity contribution in [3.05, 3.63) is 0 Å². The van der Waals surface area contributed by atoms with E-state index in [4.69, 9.17) is 13.6 Å². The average molecular weight is 276 g/mol. The van der Waals surface area contributed by atoms with Crippen LogP contribution in [0, 0.1) is 0 Å². The number of hydrogen-bond donors (Lipinski definition) is 0. The van der Waals surface area contributed by atoms with Crippen molar-refractivity contribution < 1.29 is 18.4 Å². The van der Waals surface area contributed by atoms with E-state index in [0.29, 0.717) is 13.0 Å². The first-order valence-electron chi connectivity index (χ1n) is 6.84. The molecule has 0 aliphatic carbocycles. The van der Waals surface area contributed by atoms with Crippen molar-refractivity contribution in [2.45, 2.75) is 58.0 Å². The Hall–Kier alpha value is -0.393. The molecule has 0 radical (unpaired) electrons. The lowest BCUT2D eigenvalue weighted by molar-refractivity contribution is -0.143. The second-order valence-electron chi connectivity index (χ2n) is 4.63. The third-order valence-corrected chi connectivity index (χ3v) is 6.18. The molecule has 108 valence electrons. The van der Waals surface area contributed by atoms with Crippen LogP contribution in [-0.4, -0.2) is 35.4 Å². The molecule has 0 aromatic rings. The van der Waals surface area contributed by atoms with Crippen LogP contribution in [-0.2, 0) is 18.4 Å². The van der Waals surface area contributed by atoms with E-state index in [1.165, 1.54) is 12.8 Å². The highest BCUT2D eigenvalue weighted by molar-refractivity contribution is 6.65. The molecule has 0 aromatic carbocycles. The molecule has 18 heavy (non-hydrogen) atoms. The molecule has 0 amide bonds. The number of carbonyl (C=O) groups excluding carboxylic acids is 1. The average Bonchev–Trinajstić information content (AvgIpc) is 2.41. The number of esters is 1. The third-order valence-electron chi connectivity index (χ3n) is 3.19. The SMILES string of the molecule is CCC(=O)OCCCCCCC[Si](C)(OC)OC. The molecule has 0 bridgehead atoms. The van der Waals surface area contributed by atoms with Gasteiger partial charge in [-0.25, -0.2) is 0 Å². The Morgan fingerprint density at radius 2 is 1.56 bits per heavy atom. The van der Waals surface area contributed by atoms with Crippen molar-refractivity contribution in [3.8, 4) is 0 Å². The predicted molar refractivity (Wildman–Crippen MR) is 74.8 cm³/mol. The molecule has 0 fully saturated rings. The molecular formula is C13H28O4Si. The smallest absolute Gasteiger partial charge is 0.334 e. The number of ether oxygens (including phenoxy) is 1. The summed E-state index contributed by atoms with van der Waals surface area (Å²) < 4.78 is 15.9. The first-order chi connectivity index (χ1) is 8.58. The van der Waals surface area contributed by atoms with E-state index in [1.54, 1.807) is 14.2 Å². The summed E-state index contributed by atoms with van der Waals surface area (Å²) in [6, 6.07) is 1.05. The van der Waals surface area contributed by atoms with Crippen LogP contribution >= 0.6 is 0 Å². The van der Waals surface area contributed by atoms with Crippen LogP contribution in [0.3, 0.4) is 0 Å². The minimum Gasteiger partial charge on any atom is -0.466 e. The van der Waals surface area contributed by atoms with Crippen LogP contribution in [0.5, 0.6) is 0 Å². The molecular weight excluding hydrogens is 248 g/mol. The monoisotopic (exact) mass is 276 g/mol. The van der Waals surface area contributed by atoms with Gasteiger partial charge in [0.05, 0.1) is 6.61 Å². The lowest BCUT2D eigenvalue weighted by atomic mass is 10.2. The molecule has 0 aliphatic rings. The highest BCUT2D eigenvalue weighted by Crippen LogP contribution is 2.16. The Morgan fingerprint density at radius 3 is 2.11 bits per heavy atom. The fourth-order valence-corrected chi connectivity index (χ4v) is 3.12. The molecule has 0 aliphatic heterocycles. The fraction of sp³-hybridized carbons (Fsp3) is 0.923. The lowest BCUT2D eigenvalue weighted by Gasteiger charge is -2.22. The van der Waals surface area contributed by atoms with Crippen LogP contribution in [0.2, 0.25) is 12.6 Å². The van der Waals surface area contributed by atoms with E-state index in [9.17, 15) is 4.79 Å². The van der Waals surface area contributed by atoms with Gasteiger partial charge in [-0.1, -0.05) is 32.6 Å². The molecule has 0 aromatic heterocycles. The molecule has 0 atom stereocenters. The molecule has 0 heterocycles.